The van der Waals surface area contributed by atoms with E-state index in [-0.39, 0.29) is 0 Å². The predicted molar refractivity (Wildman–Crippen MR) is 85.7 cm³/mol. The molecule has 0 saturated carbocycles. The number of fused-ring (bicyclic) bond motifs is 1. The van der Waals surface area contributed by atoms with E-state index in [0.29, 0.717) is 5.88 Å². The molecule has 2 aromatic carbocycles. The minimum absolute atomic E-state index is 0.669. The van der Waals surface area contributed by atoms with Crippen LogP contribution in [0.25, 0.3) is 10.9 Å². The first-order chi connectivity index (χ1) is 9.24. The lowest BCUT2D eigenvalue weighted by Crippen LogP contribution is -1.93. The first-order valence-electron chi connectivity index (χ1n) is 6.03. The van der Waals surface area contributed by atoms with Crippen molar-refractivity contribution in [3.8, 4) is 11.6 Å². The molecular formula is C16H12INO. The quantitative estimate of drug-likeness (QED) is 0.603. The van der Waals surface area contributed by atoms with Crippen molar-refractivity contribution in [1.82, 2.24) is 4.98 Å². The van der Waals surface area contributed by atoms with Crippen molar-refractivity contribution < 1.29 is 4.74 Å². The maximum absolute atomic E-state index is 5.93. The summed E-state index contributed by atoms with van der Waals surface area (Å²) < 4.78 is 7.01. The van der Waals surface area contributed by atoms with Crippen LogP contribution in [0.3, 0.4) is 0 Å². The van der Waals surface area contributed by atoms with Crippen LogP contribution < -0.4 is 4.74 Å². The Balaban J connectivity index is 2.06. The van der Waals surface area contributed by atoms with E-state index >= 15 is 0 Å². The molecule has 2 nitrogen and oxygen atoms in total. The molecule has 0 N–H and O–H groups in total. The number of ether oxygens (including phenoxy) is 1. The van der Waals surface area contributed by atoms with Crippen molar-refractivity contribution in [2.45, 2.75) is 6.92 Å². The summed E-state index contributed by atoms with van der Waals surface area (Å²) in [6, 6.07) is 18.1. The third-order valence-electron chi connectivity index (χ3n) is 2.91. The summed E-state index contributed by atoms with van der Waals surface area (Å²) in [4.78, 5) is 4.59. The highest BCUT2D eigenvalue weighted by atomic mass is 127. The summed E-state index contributed by atoms with van der Waals surface area (Å²) in [5.41, 5.74) is 1.99. The van der Waals surface area contributed by atoms with Gasteiger partial charge in [0.05, 0.1) is 9.09 Å². The Morgan fingerprint density at radius 2 is 1.74 bits per heavy atom. The van der Waals surface area contributed by atoms with E-state index in [9.17, 15) is 0 Å². The highest BCUT2D eigenvalue weighted by Crippen LogP contribution is 2.29. The van der Waals surface area contributed by atoms with Gasteiger partial charge in [-0.05, 0) is 53.8 Å². The Morgan fingerprint density at radius 3 is 2.58 bits per heavy atom. The number of aryl methyl sites for hydroxylation is 1. The van der Waals surface area contributed by atoms with Gasteiger partial charge in [0.25, 0.3) is 0 Å². The molecule has 0 bridgehead atoms. The SMILES string of the molecule is Cc1cc2ccccc2nc1Oc1ccccc1I. The van der Waals surface area contributed by atoms with Crippen molar-refractivity contribution in [3.63, 3.8) is 0 Å². The second-order valence-corrected chi connectivity index (χ2v) is 5.50. The van der Waals surface area contributed by atoms with Crippen LogP contribution >= 0.6 is 22.6 Å². The lowest BCUT2D eigenvalue weighted by atomic mass is 10.2. The average Bonchev–Trinajstić information content (AvgIpc) is 2.42. The highest BCUT2D eigenvalue weighted by Gasteiger charge is 2.07. The number of nitrogens with zero attached hydrogens (tertiary/aromatic N) is 1. The van der Waals surface area contributed by atoms with Gasteiger partial charge < -0.3 is 4.74 Å². The Hall–Kier alpha value is -1.62. The summed E-state index contributed by atoms with van der Waals surface area (Å²) in [5, 5.41) is 1.13. The predicted octanol–water partition coefficient (Wildman–Crippen LogP) is 4.94. The Morgan fingerprint density at radius 1 is 1.00 bits per heavy atom. The van der Waals surface area contributed by atoms with Crippen LogP contribution in [0.5, 0.6) is 11.6 Å². The van der Waals surface area contributed by atoms with Gasteiger partial charge in [-0.1, -0.05) is 30.3 Å². The van der Waals surface area contributed by atoms with Gasteiger partial charge in [0.1, 0.15) is 5.75 Å². The molecule has 0 aliphatic carbocycles. The topological polar surface area (TPSA) is 22.1 Å². The molecule has 0 unspecified atom stereocenters. The van der Waals surface area contributed by atoms with E-state index in [0.717, 1.165) is 25.8 Å². The number of rotatable bonds is 2. The van der Waals surface area contributed by atoms with Crippen molar-refractivity contribution in [3.05, 3.63) is 63.7 Å². The van der Waals surface area contributed by atoms with E-state index in [1.54, 1.807) is 0 Å². The number of hydrogen-bond acceptors (Lipinski definition) is 2. The number of para-hydroxylation sites is 2. The normalized spacial score (nSPS) is 10.6. The molecule has 3 aromatic rings. The summed E-state index contributed by atoms with van der Waals surface area (Å²) in [6.07, 6.45) is 0. The van der Waals surface area contributed by atoms with Gasteiger partial charge in [-0.15, -0.1) is 0 Å². The molecular weight excluding hydrogens is 349 g/mol. The molecule has 3 rings (SSSR count). The first kappa shape index (κ1) is 12.4. The van der Waals surface area contributed by atoms with E-state index < -0.39 is 0 Å². The van der Waals surface area contributed by atoms with Gasteiger partial charge >= 0.3 is 0 Å². The lowest BCUT2D eigenvalue weighted by molar-refractivity contribution is 0.458. The summed E-state index contributed by atoms with van der Waals surface area (Å²) in [5.74, 6) is 1.51. The number of benzene rings is 2. The van der Waals surface area contributed by atoms with Crippen LogP contribution in [0.1, 0.15) is 5.56 Å². The second-order valence-electron chi connectivity index (χ2n) is 4.34. The van der Waals surface area contributed by atoms with E-state index in [4.69, 9.17) is 4.74 Å². The number of halogens is 1. The Bertz CT molecular complexity index is 740. The van der Waals surface area contributed by atoms with Gasteiger partial charge in [0.2, 0.25) is 5.88 Å². The molecule has 19 heavy (non-hydrogen) atoms. The number of pyridine rings is 1. The third kappa shape index (κ3) is 2.56. The summed E-state index contributed by atoms with van der Waals surface area (Å²) >= 11 is 2.26. The van der Waals surface area contributed by atoms with Crippen molar-refractivity contribution >= 4 is 33.5 Å². The van der Waals surface area contributed by atoms with Gasteiger partial charge in [0, 0.05) is 10.9 Å². The Kier molecular flexibility index (Phi) is 3.38. The van der Waals surface area contributed by atoms with E-state index in [1.807, 2.05) is 49.4 Å². The van der Waals surface area contributed by atoms with Crippen LogP contribution in [-0.2, 0) is 0 Å². The third-order valence-corrected chi connectivity index (χ3v) is 3.80. The molecule has 1 aromatic heterocycles. The van der Waals surface area contributed by atoms with E-state index in [2.05, 4.69) is 39.7 Å². The minimum Gasteiger partial charge on any atom is -0.438 e. The molecule has 0 radical (unpaired) electrons. The van der Waals surface area contributed by atoms with Crippen LogP contribution in [0.2, 0.25) is 0 Å². The van der Waals surface area contributed by atoms with Crippen LogP contribution in [0.4, 0.5) is 0 Å². The molecule has 0 aliphatic rings. The van der Waals surface area contributed by atoms with E-state index in [1.165, 1.54) is 0 Å². The lowest BCUT2D eigenvalue weighted by Gasteiger charge is -2.10. The second kappa shape index (κ2) is 5.17. The van der Waals surface area contributed by atoms with Gasteiger partial charge in [-0.25, -0.2) is 4.98 Å². The molecule has 0 aliphatic heterocycles. The van der Waals surface area contributed by atoms with Gasteiger partial charge in [-0.3, -0.25) is 0 Å². The van der Waals surface area contributed by atoms with Crippen LogP contribution in [0, 0.1) is 10.5 Å². The first-order valence-corrected chi connectivity index (χ1v) is 7.11. The maximum atomic E-state index is 5.93. The monoisotopic (exact) mass is 361 g/mol. The fourth-order valence-corrected chi connectivity index (χ4v) is 2.44. The summed E-state index contributed by atoms with van der Waals surface area (Å²) in [7, 11) is 0. The highest BCUT2D eigenvalue weighted by molar-refractivity contribution is 14.1. The van der Waals surface area contributed by atoms with Crippen molar-refractivity contribution in [2.24, 2.45) is 0 Å². The van der Waals surface area contributed by atoms with Crippen LogP contribution in [0.15, 0.2) is 54.6 Å². The fourth-order valence-electron chi connectivity index (χ4n) is 1.94. The zero-order chi connectivity index (χ0) is 13.2. The Labute approximate surface area is 125 Å². The molecule has 0 fully saturated rings. The molecule has 0 spiro atoms. The number of hydrogen-bond donors (Lipinski definition) is 0. The largest absolute Gasteiger partial charge is 0.438 e. The zero-order valence-corrected chi connectivity index (χ0v) is 12.6. The average molecular weight is 361 g/mol. The molecule has 0 saturated heterocycles. The minimum atomic E-state index is 0.669. The smallest absolute Gasteiger partial charge is 0.222 e. The summed E-state index contributed by atoms with van der Waals surface area (Å²) in [6.45, 7) is 2.02. The van der Waals surface area contributed by atoms with Crippen LogP contribution in [-0.4, -0.2) is 4.98 Å². The van der Waals surface area contributed by atoms with Crippen molar-refractivity contribution in [1.29, 1.82) is 0 Å². The maximum Gasteiger partial charge on any atom is 0.222 e. The van der Waals surface area contributed by atoms with Gasteiger partial charge in [-0.2, -0.15) is 0 Å². The molecule has 0 amide bonds. The van der Waals surface area contributed by atoms with Crippen molar-refractivity contribution in [2.75, 3.05) is 0 Å². The standard InChI is InChI=1S/C16H12INO/c1-11-10-12-6-2-4-8-14(12)18-16(11)19-15-9-5-3-7-13(15)17/h2-10H,1H3. The fraction of sp³-hybridized carbons (Fsp3) is 0.0625. The zero-order valence-electron chi connectivity index (χ0n) is 10.4. The van der Waals surface area contributed by atoms with Gasteiger partial charge in [0.15, 0.2) is 0 Å². The molecule has 1 heterocycles. The number of aromatic nitrogens is 1. The molecule has 0 atom stereocenters. The molecule has 3 heteroatoms. The molecule has 94 valence electrons.